The van der Waals surface area contributed by atoms with Crippen molar-refractivity contribution in [3.63, 3.8) is 0 Å². The van der Waals surface area contributed by atoms with Gasteiger partial charge in [0.2, 0.25) is 5.91 Å². The highest BCUT2D eigenvalue weighted by Crippen LogP contribution is 2.46. The predicted molar refractivity (Wildman–Crippen MR) is 107 cm³/mol. The molecule has 1 unspecified atom stereocenters. The summed E-state index contributed by atoms with van der Waals surface area (Å²) < 4.78 is 47.2. The minimum absolute atomic E-state index is 0.0961. The molecule has 0 bridgehead atoms. The van der Waals surface area contributed by atoms with E-state index in [1.165, 1.54) is 30.6 Å². The third-order valence-electron chi connectivity index (χ3n) is 5.48. The van der Waals surface area contributed by atoms with E-state index in [0.29, 0.717) is 10.2 Å². The van der Waals surface area contributed by atoms with E-state index in [9.17, 15) is 23.1 Å². The SMILES string of the molecule is COc1cc2nc(C3CC(CO)C3)sc2cc1N1C(C(F)(F)F)=CC=CC1C(N)=O. The molecular formula is C20H20F3N3O3S. The summed E-state index contributed by atoms with van der Waals surface area (Å²) in [7, 11) is 1.35. The standard InChI is InChI=1S/C20H20F3N3O3S/c1-29-15-7-12-16(30-19(25-12)11-5-10(6-11)9-27)8-14(15)26-13(18(24)28)3-2-4-17(26)20(21,22)23/h2-4,7-8,10-11,13,27H,5-6,9H2,1H3,(H2,24,28). The zero-order valence-corrected chi connectivity index (χ0v) is 16.8. The van der Waals surface area contributed by atoms with Crippen molar-refractivity contribution in [1.82, 2.24) is 4.98 Å². The number of aromatic nitrogens is 1. The fourth-order valence-corrected chi connectivity index (χ4v) is 4.98. The van der Waals surface area contributed by atoms with Crippen molar-refractivity contribution in [3.8, 4) is 5.75 Å². The van der Waals surface area contributed by atoms with Crippen LogP contribution in [0.3, 0.4) is 0 Å². The van der Waals surface area contributed by atoms with Gasteiger partial charge < -0.3 is 20.5 Å². The molecule has 1 amide bonds. The second kappa shape index (κ2) is 7.59. The zero-order valence-electron chi connectivity index (χ0n) is 16.0. The topological polar surface area (TPSA) is 88.7 Å². The van der Waals surface area contributed by atoms with Gasteiger partial charge in [0.15, 0.2) is 0 Å². The number of rotatable bonds is 5. The number of thiazole rings is 1. The molecule has 1 aliphatic heterocycles. The number of allylic oxidation sites excluding steroid dienone is 3. The van der Waals surface area contributed by atoms with E-state index in [1.807, 2.05) is 0 Å². The fourth-order valence-electron chi connectivity index (χ4n) is 3.88. The lowest BCUT2D eigenvalue weighted by Gasteiger charge is -2.35. The first kappa shape index (κ1) is 20.7. The van der Waals surface area contributed by atoms with Gasteiger partial charge in [0.25, 0.3) is 0 Å². The van der Waals surface area contributed by atoms with Crippen molar-refractivity contribution in [2.45, 2.75) is 31.0 Å². The van der Waals surface area contributed by atoms with Gasteiger partial charge >= 0.3 is 6.18 Å². The van der Waals surface area contributed by atoms with Crippen LogP contribution in [0.25, 0.3) is 10.2 Å². The number of hydrogen-bond acceptors (Lipinski definition) is 6. The molecule has 6 nitrogen and oxygen atoms in total. The number of alkyl halides is 3. The number of carbonyl (C=O) groups is 1. The number of amides is 1. The molecular weight excluding hydrogens is 419 g/mol. The average Bonchev–Trinajstić information content (AvgIpc) is 3.07. The number of fused-ring (bicyclic) bond motifs is 1. The van der Waals surface area contributed by atoms with Crippen LogP contribution in [0.4, 0.5) is 18.9 Å². The van der Waals surface area contributed by atoms with Crippen LogP contribution in [-0.2, 0) is 4.79 Å². The van der Waals surface area contributed by atoms with Crippen LogP contribution in [-0.4, -0.2) is 41.9 Å². The molecule has 160 valence electrons. The van der Waals surface area contributed by atoms with Gasteiger partial charge in [0.05, 0.1) is 28.0 Å². The van der Waals surface area contributed by atoms with E-state index >= 15 is 0 Å². The van der Waals surface area contributed by atoms with Crippen molar-refractivity contribution >= 4 is 33.1 Å². The maximum Gasteiger partial charge on any atom is 0.431 e. The third-order valence-corrected chi connectivity index (χ3v) is 6.66. The highest BCUT2D eigenvalue weighted by Gasteiger charge is 2.43. The van der Waals surface area contributed by atoms with Crippen molar-refractivity contribution in [2.75, 3.05) is 18.6 Å². The molecule has 1 saturated carbocycles. The third kappa shape index (κ3) is 3.54. The van der Waals surface area contributed by atoms with Crippen LogP contribution in [0.15, 0.2) is 36.1 Å². The monoisotopic (exact) mass is 439 g/mol. The molecule has 10 heteroatoms. The smallest absolute Gasteiger partial charge is 0.431 e. The van der Waals surface area contributed by atoms with Gasteiger partial charge in [0, 0.05) is 18.6 Å². The number of primary amides is 1. The zero-order chi connectivity index (χ0) is 21.6. The fraction of sp³-hybridized carbons (Fsp3) is 0.400. The van der Waals surface area contributed by atoms with E-state index in [-0.39, 0.29) is 29.9 Å². The Morgan fingerprint density at radius 2 is 2.13 bits per heavy atom. The van der Waals surface area contributed by atoms with Crippen LogP contribution in [0.2, 0.25) is 0 Å². The Bertz CT molecular complexity index is 1040. The summed E-state index contributed by atoms with van der Waals surface area (Å²) >= 11 is 1.40. The molecule has 0 spiro atoms. The predicted octanol–water partition coefficient (Wildman–Crippen LogP) is 3.47. The van der Waals surface area contributed by atoms with Crippen LogP contribution < -0.4 is 15.4 Å². The Morgan fingerprint density at radius 3 is 2.73 bits per heavy atom. The molecule has 2 heterocycles. The molecule has 0 saturated heterocycles. The second-order valence-electron chi connectivity index (χ2n) is 7.41. The molecule has 4 rings (SSSR count). The summed E-state index contributed by atoms with van der Waals surface area (Å²) in [6.07, 6.45) is 0.387. The number of nitrogens with zero attached hydrogens (tertiary/aromatic N) is 2. The van der Waals surface area contributed by atoms with Crippen LogP contribution >= 0.6 is 11.3 Å². The Morgan fingerprint density at radius 1 is 1.40 bits per heavy atom. The first-order valence-electron chi connectivity index (χ1n) is 9.36. The van der Waals surface area contributed by atoms with E-state index in [4.69, 9.17) is 10.5 Å². The summed E-state index contributed by atoms with van der Waals surface area (Å²) in [6, 6.07) is 1.84. The van der Waals surface area contributed by atoms with Crippen molar-refractivity contribution in [1.29, 1.82) is 0 Å². The lowest BCUT2D eigenvalue weighted by molar-refractivity contribution is -0.119. The van der Waals surface area contributed by atoms with Gasteiger partial charge in [-0.3, -0.25) is 4.79 Å². The highest BCUT2D eigenvalue weighted by atomic mass is 32.1. The van der Waals surface area contributed by atoms with E-state index in [1.54, 1.807) is 12.1 Å². The first-order valence-corrected chi connectivity index (χ1v) is 10.2. The Hall–Kier alpha value is -2.59. The van der Waals surface area contributed by atoms with Gasteiger partial charge in [0.1, 0.15) is 17.5 Å². The largest absolute Gasteiger partial charge is 0.494 e. The molecule has 2 aromatic rings. The summed E-state index contributed by atoms with van der Waals surface area (Å²) in [6.45, 7) is 0.142. The van der Waals surface area contributed by atoms with E-state index in [0.717, 1.165) is 28.8 Å². The molecule has 1 fully saturated rings. The maximum atomic E-state index is 13.7. The van der Waals surface area contributed by atoms with E-state index in [2.05, 4.69) is 4.98 Å². The van der Waals surface area contributed by atoms with Gasteiger partial charge in [-0.25, -0.2) is 4.98 Å². The second-order valence-corrected chi connectivity index (χ2v) is 8.47. The highest BCUT2D eigenvalue weighted by molar-refractivity contribution is 7.18. The average molecular weight is 439 g/mol. The van der Waals surface area contributed by atoms with Crippen LogP contribution in [0.5, 0.6) is 5.75 Å². The summed E-state index contributed by atoms with van der Waals surface area (Å²) in [5, 5.41) is 10.1. The number of benzene rings is 1. The lowest BCUT2D eigenvalue weighted by Crippen LogP contribution is -2.47. The number of ether oxygens (including phenoxy) is 1. The van der Waals surface area contributed by atoms with Crippen LogP contribution in [0, 0.1) is 5.92 Å². The molecule has 30 heavy (non-hydrogen) atoms. The van der Waals surface area contributed by atoms with Crippen molar-refractivity contribution in [2.24, 2.45) is 11.7 Å². The molecule has 0 radical (unpaired) electrons. The molecule has 1 aromatic carbocycles. The normalized spacial score (nSPS) is 24.0. The number of anilines is 1. The number of nitrogens with two attached hydrogens (primary N) is 1. The lowest BCUT2D eigenvalue weighted by atomic mass is 9.76. The quantitative estimate of drug-likeness (QED) is 0.745. The Balaban J connectivity index is 1.80. The molecule has 1 aromatic heterocycles. The van der Waals surface area contributed by atoms with Gasteiger partial charge in [-0.05, 0) is 30.9 Å². The molecule has 1 aliphatic carbocycles. The number of aliphatic hydroxyl groups is 1. The van der Waals surface area contributed by atoms with Crippen molar-refractivity contribution in [3.05, 3.63) is 41.1 Å². The number of methoxy groups -OCH3 is 1. The number of aliphatic hydroxyl groups excluding tert-OH is 1. The van der Waals surface area contributed by atoms with E-state index < -0.39 is 23.8 Å². The van der Waals surface area contributed by atoms with Gasteiger partial charge in [-0.2, -0.15) is 13.2 Å². The summed E-state index contributed by atoms with van der Waals surface area (Å²) in [4.78, 5) is 17.4. The number of halogens is 3. The molecule has 2 aliphatic rings. The maximum absolute atomic E-state index is 13.7. The molecule has 1 atom stereocenters. The van der Waals surface area contributed by atoms with Gasteiger partial charge in [-0.1, -0.05) is 12.2 Å². The van der Waals surface area contributed by atoms with Gasteiger partial charge in [-0.15, -0.1) is 11.3 Å². The molecule has 3 N–H and O–H groups in total. The summed E-state index contributed by atoms with van der Waals surface area (Å²) in [5.41, 5.74) is 5.11. The first-order chi connectivity index (χ1) is 14.2. The van der Waals surface area contributed by atoms with Crippen LogP contribution in [0.1, 0.15) is 23.8 Å². The minimum atomic E-state index is -4.69. The Labute approximate surface area is 174 Å². The van der Waals surface area contributed by atoms with Crippen molar-refractivity contribution < 1.29 is 27.8 Å². The minimum Gasteiger partial charge on any atom is -0.494 e. The Kier molecular flexibility index (Phi) is 5.23. The number of carbonyl (C=O) groups excluding carboxylic acids is 1. The number of hydrogen-bond donors (Lipinski definition) is 2. The summed E-state index contributed by atoms with van der Waals surface area (Å²) in [5.74, 6) is -0.241.